The van der Waals surface area contributed by atoms with Crippen LogP contribution in [0.4, 0.5) is 4.79 Å². The lowest BCUT2D eigenvalue weighted by molar-refractivity contribution is -0.130. The number of benzene rings is 1. The van der Waals surface area contributed by atoms with E-state index in [0.717, 1.165) is 12.0 Å². The molecule has 0 bridgehead atoms. The highest BCUT2D eigenvalue weighted by Gasteiger charge is 2.44. The Morgan fingerprint density at radius 2 is 1.85 bits per heavy atom. The number of nitrogens with one attached hydrogen (secondary N) is 1. The highest BCUT2D eigenvalue weighted by Crippen LogP contribution is 2.20. The fourth-order valence-corrected chi connectivity index (χ4v) is 2.29. The Labute approximate surface area is 119 Å². The number of aryl methyl sites for hydroxylation is 1. The molecule has 2 rings (SSSR count). The zero-order valence-electron chi connectivity index (χ0n) is 12.1. The Kier molecular flexibility index (Phi) is 3.81. The number of carbonyl (C=O) groups is 2. The molecule has 0 aliphatic carbocycles. The topological polar surface area (TPSA) is 75.4 Å². The van der Waals surface area contributed by atoms with Gasteiger partial charge in [-0.05, 0) is 31.4 Å². The van der Waals surface area contributed by atoms with Gasteiger partial charge >= 0.3 is 6.03 Å². The predicted octanol–water partition coefficient (Wildman–Crippen LogP) is 1.58. The predicted molar refractivity (Wildman–Crippen MR) is 77.1 cm³/mol. The average Bonchev–Trinajstić information content (AvgIpc) is 2.61. The van der Waals surface area contributed by atoms with Gasteiger partial charge in [-0.25, -0.2) is 4.79 Å². The van der Waals surface area contributed by atoms with Crippen LogP contribution in [0, 0.1) is 0 Å². The number of hydrogen-bond donors (Lipinski definition) is 2. The van der Waals surface area contributed by atoms with Crippen molar-refractivity contribution < 1.29 is 9.59 Å². The normalized spacial score (nSPS) is 19.1. The Hall–Kier alpha value is -1.88. The number of amides is 3. The number of nitrogens with zero attached hydrogens (tertiary/aromatic N) is 1. The second kappa shape index (κ2) is 5.25. The van der Waals surface area contributed by atoms with Gasteiger partial charge in [-0.15, -0.1) is 0 Å². The van der Waals surface area contributed by atoms with Crippen LogP contribution in [0.15, 0.2) is 24.3 Å². The summed E-state index contributed by atoms with van der Waals surface area (Å²) in [5, 5.41) is 2.65. The molecule has 1 aliphatic rings. The van der Waals surface area contributed by atoms with Gasteiger partial charge < -0.3 is 11.1 Å². The largest absolute Gasteiger partial charge is 0.325 e. The van der Waals surface area contributed by atoms with Crippen LogP contribution in [0.1, 0.15) is 37.9 Å². The smallest absolute Gasteiger partial charge is 0.324 e. The standard InChI is InChI=1S/C15H21N3O2/c1-4-10-5-7-11(8-6-10)12(16)9-18-13(19)15(2,3)17-14(18)20/h5-8,12H,4,9,16H2,1-3H3,(H,17,20). The number of rotatable bonds is 4. The van der Waals surface area contributed by atoms with E-state index in [0.29, 0.717) is 0 Å². The van der Waals surface area contributed by atoms with Crippen LogP contribution < -0.4 is 11.1 Å². The molecule has 1 heterocycles. The van der Waals surface area contributed by atoms with Crippen LogP contribution in [0.25, 0.3) is 0 Å². The summed E-state index contributed by atoms with van der Waals surface area (Å²) in [5.74, 6) is -0.233. The van der Waals surface area contributed by atoms with Crippen molar-refractivity contribution in [2.24, 2.45) is 5.73 Å². The summed E-state index contributed by atoms with van der Waals surface area (Å²) < 4.78 is 0. The van der Waals surface area contributed by atoms with Gasteiger partial charge in [0.1, 0.15) is 5.54 Å². The molecule has 5 nitrogen and oxygen atoms in total. The molecule has 1 saturated heterocycles. The van der Waals surface area contributed by atoms with E-state index < -0.39 is 5.54 Å². The minimum atomic E-state index is -0.844. The molecular formula is C15H21N3O2. The van der Waals surface area contributed by atoms with Gasteiger partial charge in [-0.3, -0.25) is 9.69 Å². The molecule has 108 valence electrons. The summed E-state index contributed by atoms with van der Waals surface area (Å²) >= 11 is 0. The summed E-state index contributed by atoms with van der Waals surface area (Å²) in [6.07, 6.45) is 0.969. The van der Waals surface area contributed by atoms with Crippen LogP contribution in [0.2, 0.25) is 0 Å². The quantitative estimate of drug-likeness (QED) is 0.819. The first-order chi connectivity index (χ1) is 9.35. The minimum Gasteiger partial charge on any atom is -0.324 e. The van der Waals surface area contributed by atoms with E-state index in [-0.39, 0.29) is 24.5 Å². The van der Waals surface area contributed by atoms with Gasteiger partial charge in [0.15, 0.2) is 0 Å². The van der Waals surface area contributed by atoms with Crippen molar-refractivity contribution in [2.45, 2.75) is 38.8 Å². The summed E-state index contributed by atoms with van der Waals surface area (Å²) in [5.41, 5.74) is 7.42. The van der Waals surface area contributed by atoms with Crippen molar-refractivity contribution in [1.29, 1.82) is 0 Å². The van der Waals surface area contributed by atoms with E-state index in [4.69, 9.17) is 5.73 Å². The molecule has 1 atom stereocenters. The fourth-order valence-electron chi connectivity index (χ4n) is 2.29. The Balaban J connectivity index is 2.09. The minimum absolute atomic E-state index is 0.194. The van der Waals surface area contributed by atoms with Crippen LogP contribution >= 0.6 is 0 Å². The van der Waals surface area contributed by atoms with Crippen molar-refractivity contribution in [3.8, 4) is 0 Å². The fraction of sp³-hybridized carbons (Fsp3) is 0.467. The third-order valence-electron chi connectivity index (χ3n) is 3.64. The SMILES string of the molecule is CCc1ccc(C(N)CN2C(=O)NC(C)(C)C2=O)cc1. The molecule has 0 aromatic heterocycles. The van der Waals surface area contributed by atoms with E-state index in [1.54, 1.807) is 13.8 Å². The first kappa shape index (κ1) is 14.5. The third kappa shape index (κ3) is 2.67. The van der Waals surface area contributed by atoms with E-state index in [1.165, 1.54) is 10.5 Å². The van der Waals surface area contributed by atoms with Crippen LogP contribution in [-0.4, -0.2) is 28.9 Å². The van der Waals surface area contributed by atoms with E-state index >= 15 is 0 Å². The lowest BCUT2D eigenvalue weighted by Crippen LogP contribution is -2.41. The first-order valence-corrected chi connectivity index (χ1v) is 6.83. The van der Waals surface area contributed by atoms with Crippen molar-refractivity contribution in [2.75, 3.05) is 6.54 Å². The van der Waals surface area contributed by atoms with Crippen molar-refractivity contribution >= 4 is 11.9 Å². The van der Waals surface area contributed by atoms with Gasteiger partial charge in [0.25, 0.3) is 5.91 Å². The number of nitrogens with two attached hydrogens (primary N) is 1. The molecule has 1 fully saturated rings. The van der Waals surface area contributed by atoms with Gasteiger partial charge in [-0.1, -0.05) is 31.2 Å². The molecule has 3 N–H and O–H groups in total. The molecule has 1 unspecified atom stereocenters. The molecule has 5 heteroatoms. The average molecular weight is 275 g/mol. The third-order valence-corrected chi connectivity index (χ3v) is 3.64. The number of urea groups is 1. The van der Waals surface area contributed by atoms with E-state index in [9.17, 15) is 9.59 Å². The number of hydrogen-bond acceptors (Lipinski definition) is 3. The van der Waals surface area contributed by atoms with Gasteiger partial charge in [0.2, 0.25) is 0 Å². The molecule has 1 aliphatic heterocycles. The maximum atomic E-state index is 12.1. The molecule has 0 radical (unpaired) electrons. The van der Waals surface area contributed by atoms with Crippen LogP contribution in [0.3, 0.4) is 0 Å². The number of imide groups is 1. The first-order valence-electron chi connectivity index (χ1n) is 6.83. The lowest BCUT2D eigenvalue weighted by Gasteiger charge is -2.20. The lowest BCUT2D eigenvalue weighted by atomic mass is 10.0. The molecule has 20 heavy (non-hydrogen) atoms. The zero-order chi connectivity index (χ0) is 14.9. The van der Waals surface area contributed by atoms with Gasteiger partial charge in [-0.2, -0.15) is 0 Å². The summed E-state index contributed by atoms with van der Waals surface area (Å²) in [7, 11) is 0. The van der Waals surface area contributed by atoms with Crippen molar-refractivity contribution in [1.82, 2.24) is 10.2 Å². The highest BCUT2D eigenvalue weighted by atomic mass is 16.2. The van der Waals surface area contributed by atoms with Crippen LogP contribution in [-0.2, 0) is 11.2 Å². The van der Waals surface area contributed by atoms with Crippen molar-refractivity contribution in [3.63, 3.8) is 0 Å². The highest BCUT2D eigenvalue weighted by molar-refractivity contribution is 6.06. The van der Waals surface area contributed by atoms with Crippen LogP contribution in [0.5, 0.6) is 0 Å². The number of carbonyl (C=O) groups excluding carboxylic acids is 2. The summed E-state index contributed by atoms with van der Waals surface area (Å²) in [6.45, 7) is 5.66. The van der Waals surface area contributed by atoms with E-state index in [1.807, 2.05) is 24.3 Å². The maximum Gasteiger partial charge on any atom is 0.325 e. The second-order valence-corrected chi connectivity index (χ2v) is 5.67. The van der Waals surface area contributed by atoms with Gasteiger partial charge in [0.05, 0.1) is 0 Å². The maximum absolute atomic E-state index is 12.1. The summed E-state index contributed by atoms with van der Waals surface area (Å²) in [4.78, 5) is 25.1. The zero-order valence-corrected chi connectivity index (χ0v) is 12.1. The molecule has 0 spiro atoms. The van der Waals surface area contributed by atoms with Crippen molar-refractivity contribution in [3.05, 3.63) is 35.4 Å². The van der Waals surface area contributed by atoms with Gasteiger partial charge in [0, 0.05) is 12.6 Å². The Bertz CT molecular complexity index is 522. The molecular weight excluding hydrogens is 254 g/mol. The Morgan fingerprint density at radius 1 is 1.25 bits per heavy atom. The molecule has 3 amide bonds. The summed E-state index contributed by atoms with van der Waals surface area (Å²) in [6, 6.07) is 7.20. The second-order valence-electron chi connectivity index (χ2n) is 5.67. The molecule has 1 aromatic rings. The monoisotopic (exact) mass is 275 g/mol. The molecule has 1 aromatic carbocycles. The molecule has 0 saturated carbocycles. The Morgan fingerprint density at radius 3 is 2.30 bits per heavy atom. The van der Waals surface area contributed by atoms with E-state index in [2.05, 4.69) is 12.2 Å².